The maximum absolute atomic E-state index is 12.2. The number of piperazine rings is 1. The van der Waals surface area contributed by atoms with Gasteiger partial charge in [-0.1, -0.05) is 36.7 Å². The topological polar surface area (TPSA) is 66.4 Å². The van der Waals surface area contributed by atoms with Crippen LogP contribution in [0.4, 0.5) is 5.69 Å². The van der Waals surface area contributed by atoms with Crippen molar-refractivity contribution in [1.82, 2.24) is 10.3 Å². The Morgan fingerprint density at radius 1 is 1.12 bits per heavy atom. The molecule has 0 atom stereocenters. The molecule has 0 radical (unpaired) electrons. The number of carbonyl (C=O) groups is 1. The minimum absolute atomic E-state index is 0.115. The molecule has 1 aliphatic heterocycles. The van der Waals surface area contributed by atoms with E-state index in [-0.39, 0.29) is 5.91 Å². The number of benzene rings is 2. The third-order valence-electron chi connectivity index (χ3n) is 5.33. The number of hydrogen-bond donors (Lipinski definition) is 1. The monoisotopic (exact) mass is 472 g/mol. The van der Waals surface area contributed by atoms with Crippen LogP contribution < -0.4 is 19.8 Å². The molecule has 178 valence electrons. The molecule has 1 aliphatic rings. The SMILES string of the molecule is CCCOc1c(Cl)cc(/C=N/NC(=O)CCN2CCN(c3ccccc3)CC2)cc1OCC. The van der Waals surface area contributed by atoms with Crippen LogP contribution in [0.5, 0.6) is 11.5 Å². The summed E-state index contributed by atoms with van der Waals surface area (Å²) in [5.41, 5.74) is 4.58. The third kappa shape index (κ3) is 7.65. The van der Waals surface area contributed by atoms with E-state index in [2.05, 4.69) is 44.6 Å². The number of halogens is 1. The fourth-order valence-corrected chi connectivity index (χ4v) is 3.91. The summed E-state index contributed by atoms with van der Waals surface area (Å²) in [5, 5.41) is 4.54. The van der Waals surface area contributed by atoms with E-state index in [0.717, 1.165) is 38.2 Å². The van der Waals surface area contributed by atoms with Gasteiger partial charge in [-0.15, -0.1) is 0 Å². The van der Waals surface area contributed by atoms with Crippen LogP contribution in [0.3, 0.4) is 0 Å². The summed E-state index contributed by atoms with van der Waals surface area (Å²) < 4.78 is 11.4. The Balaban J connectivity index is 1.44. The van der Waals surface area contributed by atoms with Crippen molar-refractivity contribution in [3.63, 3.8) is 0 Å². The number of rotatable bonds is 11. The van der Waals surface area contributed by atoms with Crippen molar-refractivity contribution >= 4 is 29.4 Å². The van der Waals surface area contributed by atoms with Gasteiger partial charge in [-0.05, 0) is 43.2 Å². The number of nitrogens with one attached hydrogen (secondary N) is 1. The summed E-state index contributed by atoms with van der Waals surface area (Å²) >= 11 is 6.37. The van der Waals surface area contributed by atoms with Gasteiger partial charge in [-0.25, -0.2) is 5.43 Å². The molecular formula is C25H33ClN4O3. The molecule has 0 bridgehead atoms. The molecule has 33 heavy (non-hydrogen) atoms. The highest BCUT2D eigenvalue weighted by Gasteiger charge is 2.17. The lowest BCUT2D eigenvalue weighted by Crippen LogP contribution is -2.47. The molecule has 0 saturated carbocycles. The molecule has 1 fully saturated rings. The van der Waals surface area contributed by atoms with Crippen LogP contribution in [-0.4, -0.2) is 63.0 Å². The Hall–Kier alpha value is -2.77. The van der Waals surface area contributed by atoms with Crippen molar-refractivity contribution in [3.05, 3.63) is 53.1 Å². The molecule has 0 aliphatic carbocycles. The second-order valence-electron chi connectivity index (χ2n) is 7.82. The number of amides is 1. The second kappa shape index (κ2) is 13.1. The average Bonchev–Trinajstić information content (AvgIpc) is 2.83. The van der Waals surface area contributed by atoms with E-state index < -0.39 is 0 Å². The molecule has 0 unspecified atom stereocenters. The first kappa shape index (κ1) is 24.9. The minimum atomic E-state index is -0.115. The maximum atomic E-state index is 12.2. The van der Waals surface area contributed by atoms with Gasteiger partial charge in [0, 0.05) is 44.8 Å². The van der Waals surface area contributed by atoms with Crippen molar-refractivity contribution < 1.29 is 14.3 Å². The molecule has 3 rings (SSSR count). The number of anilines is 1. The van der Waals surface area contributed by atoms with Crippen LogP contribution in [0.25, 0.3) is 0 Å². The molecule has 2 aromatic rings. The first-order valence-electron chi connectivity index (χ1n) is 11.5. The highest BCUT2D eigenvalue weighted by molar-refractivity contribution is 6.32. The molecular weight excluding hydrogens is 440 g/mol. The molecule has 8 heteroatoms. The summed E-state index contributed by atoms with van der Waals surface area (Å²) in [4.78, 5) is 16.9. The van der Waals surface area contributed by atoms with Crippen molar-refractivity contribution in [3.8, 4) is 11.5 Å². The van der Waals surface area contributed by atoms with E-state index in [9.17, 15) is 4.79 Å². The smallest absolute Gasteiger partial charge is 0.241 e. The lowest BCUT2D eigenvalue weighted by molar-refractivity contribution is -0.121. The van der Waals surface area contributed by atoms with Gasteiger partial charge in [0.15, 0.2) is 11.5 Å². The Morgan fingerprint density at radius 3 is 2.58 bits per heavy atom. The summed E-state index contributed by atoms with van der Waals surface area (Å²) in [6.07, 6.45) is 2.84. The molecule has 1 N–H and O–H groups in total. The Labute approximate surface area is 201 Å². The Bertz CT molecular complexity index is 915. The minimum Gasteiger partial charge on any atom is -0.490 e. The first-order chi connectivity index (χ1) is 16.1. The number of carbonyl (C=O) groups excluding carboxylic acids is 1. The highest BCUT2D eigenvalue weighted by atomic mass is 35.5. The normalized spacial score (nSPS) is 14.5. The fourth-order valence-electron chi connectivity index (χ4n) is 3.63. The van der Waals surface area contributed by atoms with E-state index in [0.29, 0.717) is 42.7 Å². The molecule has 2 aromatic carbocycles. The lowest BCUT2D eigenvalue weighted by Gasteiger charge is -2.36. The largest absolute Gasteiger partial charge is 0.490 e. The van der Waals surface area contributed by atoms with Gasteiger partial charge in [0.1, 0.15) is 0 Å². The van der Waals surface area contributed by atoms with Gasteiger partial charge in [0.25, 0.3) is 0 Å². The van der Waals surface area contributed by atoms with E-state index in [1.807, 2.05) is 26.0 Å². The zero-order valence-electron chi connectivity index (χ0n) is 19.4. The van der Waals surface area contributed by atoms with Crippen molar-refractivity contribution in [2.45, 2.75) is 26.7 Å². The molecule has 1 amide bonds. The summed E-state index contributed by atoms with van der Waals surface area (Å²) in [6.45, 7) is 9.51. The number of ether oxygens (including phenoxy) is 2. The van der Waals surface area contributed by atoms with Crippen LogP contribution in [-0.2, 0) is 4.79 Å². The van der Waals surface area contributed by atoms with Crippen LogP contribution in [0.1, 0.15) is 32.3 Å². The van der Waals surface area contributed by atoms with Gasteiger partial charge >= 0.3 is 0 Å². The predicted molar refractivity (Wildman–Crippen MR) is 134 cm³/mol. The zero-order valence-corrected chi connectivity index (χ0v) is 20.2. The molecule has 0 aromatic heterocycles. The van der Waals surface area contributed by atoms with Gasteiger partial charge in [0.05, 0.1) is 24.5 Å². The van der Waals surface area contributed by atoms with Crippen LogP contribution in [0.2, 0.25) is 5.02 Å². The van der Waals surface area contributed by atoms with Crippen LogP contribution in [0, 0.1) is 0 Å². The van der Waals surface area contributed by atoms with E-state index >= 15 is 0 Å². The number of para-hydroxylation sites is 1. The summed E-state index contributed by atoms with van der Waals surface area (Å²) in [7, 11) is 0. The maximum Gasteiger partial charge on any atom is 0.241 e. The van der Waals surface area contributed by atoms with Gasteiger partial charge in [-0.3, -0.25) is 9.69 Å². The molecule has 1 saturated heterocycles. The zero-order chi connectivity index (χ0) is 23.5. The number of hydrogen-bond acceptors (Lipinski definition) is 6. The lowest BCUT2D eigenvalue weighted by atomic mass is 10.2. The van der Waals surface area contributed by atoms with Gasteiger partial charge in [-0.2, -0.15) is 5.10 Å². The molecule has 7 nitrogen and oxygen atoms in total. The van der Waals surface area contributed by atoms with E-state index in [1.54, 1.807) is 12.3 Å². The number of hydrazone groups is 1. The quantitative estimate of drug-likeness (QED) is 0.392. The van der Waals surface area contributed by atoms with Gasteiger partial charge in [0.2, 0.25) is 5.91 Å². The highest BCUT2D eigenvalue weighted by Crippen LogP contribution is 2.36. The average molecular weight is 473 g/mol. The van der Waals surface area contributed by atoms with E-state index in [1.165, 1.54) is 5.69 Å². The Morgan fingerprint density at radius 2 is 1.88 bits per heavy atom. The predicted octanol–water partition coefficient (Wildman–Crippen LogP) is 4.19. The summed E-state index contributed by atoms with van der Waals surface area (Å²) in [6, 6.07) is 14.0. The third-order valence-corrected chi connectivity index (χ3v) is 5.61. The standard InChI is InChI=1S/C25H33ClN4O3/c1-3-16-33-25-22(26)17-20(18-23(25)32-4-2)19-27-28-24(31)10-11-29-12-14-30(15-13-29)21-8-6-5-7-9-21/h5-9,17-19H,3-4,10-16H2,1-2H3,(H,28,31)/b27-19+. The van der Waals surface area contributed by atoms with E-state index in [4.69, 9.17) is 21.1 Å². The summed E-state index contributed by atoms with van der Waals surface area (Å²) in [5.74, 6) is 0.991. The number of nitrogens with zero attached hydrogens (tertiary/aromatic N) is 3. The first-order valence-corrected chi connectivity index (χ1v) is 11.9. The van der Waals surface area contributed by atoms with Crippen molar-refractivity contribution in [1.29, 1.82) is 0 Å². The van der Waals surface area contributed by atoms with Crippen LogP contribution in [0.15, 0.2) is 47.6 Å². The second-order valence-corrected chi connectivity index (χ2v) is 8.23. The Kier molecular flexibility index (Phi) is 9.84. The molecule has 0 spiro atoms. The molecule has 1 heterocycles. The van der Waals surface area contributed by atoms with Gasteiger partial charge < -0.3 is 14.4 Å². The van der Waals surface area contributed by atoms with Crippen molar-refractivity contribution in [2.24, 2.45) is 5.10 Å². The fraction of sp³-hybridized carbons (Fsp3) is 0.440. The van der Waals surface area contributed by atoms with Crippen LogP contribution >= 0.6 is 11.6 Å². The van der Waals surface area contributed by atoms with Crippen molar-refractivity contribution in [2.75, 3.05) is 50.8 Å².